The van der Waals surface area contributed by atoms with E-state index in [1.165, 1.54) is 17.9 Å². The highest BCUT2D eigenvalue weighted by atomic mass is 32.2. The van der Waals surface area contributed by atoms with E-state index >= 15 is 0 Å². The molecule has 2 fully saturated rings. The lowest BCUT2D eigenvalue weighted by atomic mass is 10.1. The number of ether oxygens (including phenoxy) is 2. The van der Waals surface area contributed by atoms with Crippen molar-refractivity contribution in [1.29, 1.82) is 0 Å². The van der Waals surface area contributed by atoms with Crippen molar-refractivity contribution in [3.63, 3.8) is 0 Å². The number of methoxy groups -OCH3 is 1. The first kappa shape index (κ1) is 36.0. The average molecular weight is 738 g/mol. The fourth-order valence-corrected chi connectivity index (χ4v) is 8.49. The number of amides is 3. The number of carbonyl (C=O) groups excluding carboxylic acids is 3. The maximum absolute atomic E-state index is 14.2. The number of hydrogen-bond acceptors (Lipinski definition) is 9. The molecule has 2 aliphatic heterocycles. The number of nitrogens with zero attached hydrogens (tertiary/aromatic N) is 2. The van der Waals surface area contributed by atoms with E-state index in [1.54, 1.807) is 25.3 Å². The Morgan fingerprint density at radius 1 is 1.00 bits per heavy atom. The quantitative estimate of drug-likeness (QED) is 0.227. The second kappa shape index (κ2) is 14.9. The van der Waals surface area contributed by atoms with Crippen LogP contribution in [0.4, 0.5) is 5.69 Å². The number of rotatable bonds is 6. The molecule has 4 atom stereocenters. The Kier molecular flexibility index (Phi) is 10.1. The third-order valence-electron chi connectivity index (χ3n) is 10.2. The molecule has 7 rings (SSSR count). The molecular formula is C40H43N5O7S. The monoisotopic (exact) mass is 737 g/mol. The number of pyridine rings is 1. The number of sulfonamides is 1. The van der Waals surface area contributed by atoms with Crippen molar-refractivity contribution in [1.82, 2.24) is 19.9 Å². The van der Waals surface area contributed by atoms with Crippen LogP contribution in [0.1, 0.15) is 45.4 Å². The molecule has 12 nitrogen and oxygen atoms in total. The highest BCUT2D eigenvalue weighted by Gasteiger charge is 2.61. The van der Waals surface area contributed by atoms with Crippen molar-refractivity contribution in [2.24, 2.45) is 5.92 Å². The minimum Gasteiger partial charge on any atom is -0.497 e. The van der Waals surface area contributed by atoms with Crippen LogP contribution in [0.25, 0.3) is 22.2 Å². The predicted molar refractivity (Wildman–Crippen MR) is 201 cm³/mol. The Morgan fingerprint density at radius 3 is 2.58 bits per heavy atom. The minimum absolute atomic E-state index is 0.0477. The molecule has 3 N–H and O–H groups in total. The minimum atomic E-state index is -4.30. The van der Waals surface area contributed by atoms with Gasteiger partial charge in [0.1, 0.15) is 34.1 Å². The fraction of sp³-hybridized carbons (Fsp3) is 0.350. The second-order valence-corrected chi connectivity index (χ2v) is 15.5. The van der Waals surface area contributed by atoms with Gasteiger partial charge in [-0.05, 0) is 49.9 Å². The zero-order valence-corrected chi connectivity index (χ0v) is 30.5. The van der Waals surface area contributed by atoms with Crippen molar-refractivity contribution < 1.29 is 32.3 Å². The topological polar surface area (TPSA) is 156 Å². The van der Waals surface area contributed by atoms with E-state index in [1.807, 2.05) is 66.7 Å². The molecule has 4 aromatic rings. The van der Waals surface area contributed by atoms with Crippen LogP contribution in [-0.2, 0) is 24.4 Å². The van der Waals surface area contributed by atoms with Crippen LogP contribution in [-0.4, -0.2) is 73.9 Å². The lowest BCUT2D eigenvalue weighted by Crippen LogP contribution is -2.56. The summed E-state index contributed by atoms with van der Waals surface area (Å²) < 4.78 is 41.5. The molecule has 0 radical (unpaired) electrons. The molecule has 1 saturated heterocycles. The van der Waals surface area contributed by atoms with E-state index in [9.17, 15) is 22.8 Å². The molecule has 3 amide bonds. The van der Waals surface area contributed by atoms with Crippen molar-refractivity contribution in [2.45, 2.75) is 68.0 Å². The van der Waals surface area contributed by atoms with Crippen LogP contribution in [0.3, 0.4) is 0 Å². The van der Waals surface area contributed by atoms with Gasteiger partial charge in [0.15, 0.2) is 0 Å². The van der Waals surface area contributed by atoms with Crippen LogP contribution in [0.15, 0.2) is 95.9 Å². The Balaban J connectivity index is 1.15. The number of likely N-dealkylation sites (tertiary alicyclic amines) is 1. The maximum Gasteiger partial charge on any atom is 0.266 e. The molecule has 13 heteroatoms. The van der Waals surface area contributed by atoms with Crippen molar-refractivity contribution in [3.8, 4) is 22.8 Å². The molecule has 0 spiro atoms. The normalized spacial score (nSPS) is 24.6. The number of anilines is 1. The second-order valence-electron chi connectivity index (χ2n) is 13.8. The van der Waals surface area contributed by atoms with E-state index in [0.717, 1.165) is 36.6 Å². The molecule has 3 aliphatic rings. The molecule has 53 heavy (non-hydrogen) atoms. The summed E-state index contributed by atoms with van der Waals surface area (Å²) in [6.07, 6.45) is 7.21. The third kappa shape index (κ3) is 7.57. The smallest absolute Gasteiger partial charge is 0.266 e. The summed E-state index contributed by atoms with van der Waals surface area (Å²) in [7, 11) is -2.71. The number of fused-ring (bicyclic) bond motifs is 3. The van der Waals surface area contributed by atoms with Gasteiger partial charge in [0.05, 0.1) is 30.6 Å². The number of para-hydroxylation sites is 1. The summed E-state index contributed by atoms with van der Waals surface area (Å²) in [6, 6.07) is 22.5. The van der Waals surface area contributed by atoms with Gasteiger partial charge in [-0.15, -0.1) is 0 Å². The lowest BCUT2D eigenvalue weighted by molar-refractivity contribution is -0.138. The van der Waals surface area contributed by atoms with Crippen LogP contribution in [0.2, 0.25) is 0 Å². The van der Waals surface area contributed by atoms with E-state index in [2.05, 4.69) is 15.4 Å². The summed E-state index contributed by atoms with van der Waals surface area (Å²) in [6.45, 7) is 2.11. The van der Waals surface area contributed by atoms with Gasteiger partial charge >= 0.3 is 0 Å². The zero-order chi connectivity index (χ0) is 37.2. The third-order valence-corrected chi connectivity index (χ3v) is 11.6. The summed E-state index contributed by atoms with van der Waals surface area (Å²) in [5.74, 6) is -0.940. The lowest BCUT2D eigenvalue weighted by Gasteiger charge is -2.25. The van der Waals surface area contributed by atoms with Crippen LogP contribution in [0.5, 0.6) is 11.5 Å². The Bertz CT molecular complexity index is 2180. The number of aromatic nitrogens is 1. The Hall–Kier alpha value is -5.43. The number of carbonyl (C=O) groups is 3. The average Bonchev–Trinajstić information content (AvgIpc) is 3.68. The number of nitrogens with one attached hydrogen (secondary N) is 3. The number of allylic oxidation sites excluding steroid dienone is 1. The molecule has 3 heterocycles. The fourth-order valence-electron chi connectivity index (χ4n) is 7.26. The summed E-state index contributed by atoms with van der Waals surface area (Å²) in [4.78, 5) is 47.3. The molecule has 0 unspecified atom stereocenters. The number of hydrogen-bond donors (Lipinski definition) is 3. The molecule has 1 aromatic heterocycles. The molecule has 3 aromatic carbocycles. The number of benzene rings is 3. The van der Waals surface area contributed by atoms with Crippen LogP contribution in [0, 0.1) is 5.92 Å². The van der Waals surface area contributed by atoms with Crippen molar-refractivity contribution in [2.75, 3.05) is 25.5 Å². The van der Waals surface area contributed by atoms with Gasteiger partial charge in [0.25, 0.3) is 15.9 Å². The van der Waals surface area contributed by atoms with Gasteiger partial charge in [0, 0.05) is 48.9 Å². The Labute approximate surface area is 309 Å². The van der Waals surface area contributed by atoms with E-state index in [0.29, 0.717) is 34.9 Å². The van der Waals surface area contributed by atoms with Crippen LogP contribution >= 0.6 is 0 Å². The van der Waals surface area contributed by atoms with Gasteiger partial charge in [-0.2, -0.15) is 0 Å². The van der Waals surface area contributed by atoms with E-state index in [-0.39, 0.29) is 30.2 Å². The van der Waals surface area contributed by atoms with Gasteiger partial charge in [-0.25, -0.2) is 18.1 Å². The zero-order valence-electron chi connectivity index (χ0n) is 29.7. The predicted octanol–water partition coefficient (Wildman–Crippen LogP) is 5.20. The van der Waals surface area contributed by atoms with Crippen LogP contribution < -0.4 is 24.8 Å². The standard InChI is InChI=1S/C40H43N5O7S/c1-26(46)45-25-30(52-36-23-33(27-13-7-6-8-14-27)42-34-21-29(51-2)18-19-31(34)36)22-35(45)38(47)43-40-24-28(40)15-9-4-3-5-12-20-41-32-16-10-11-17-37(32)53(49,50)44-39(40)48/h6-11,13-19,21,23,28,30,35,41H,3-5,12,20,22,24-25H2,1-2H3,(H,43,47)(H,44,48)/b15-9-/t28-,30+,35-,40+/m0/s1. The maximum atomic E-state index is 14.2. The first-order valence-corrected chi connectivity index (χ1v) is 19.4. The van der Waals surface area contributed by atoms with Crippen molar-refractivity contribution >= 4 is 44.3 Å². The highest BCUT2D eigenvalue weighted by molar-refractivity contribution is 7.90. The van der Waals surface area contributed by atoms with Gasteiger partial charge in [-0.1, -0.05) is 61.0 Å². The SMILES string of the molecule is COc1ccc2c(O[C@@H]3C[C@@H](C(=O)N[C@]45C[C@@H]4/C=C\CCCCCNc4ccccc4S(=O)(=O)NC5=O)N(C(C)=O)C3)cc(-c3ccccc3)nc2c1. The molecular weight excluding hydrogens is 695 g/mol. The van der Waals surface area contributed by atoms with Crippen molar-refractivity contribution in [3.05, 3.63) is 91.0 Å². The molecule has 276 valence electrons. The summed E-state index contributed by atoms with van der Waals surface area (Å²) in [5, 5.41) is 6.83. The first-order valence-electron chi connectivity index (χ1n) is 17.9. The highest BCUT2D eigenvalue weighted by Crippen LogP contribution is 2.46. The van der Waals surface area contributed by atoms with E-state index < -0.39 is 45.4 Å². The van der Waals surface area contributed by atoms with Gasteiger partial charge in [-0.3, -0.25) is 14.4 Å². The largest absolute Gasteiger partial charge is 0.497 e. The summed E-state index contributed by atoms with van der Waals surface area (Å²) in [5.41, 5.74) is 1.13. The molecule has 0 bridgehead atoms. The molecule has 1 saturated carbocycles. The molecule has 1 aliphatic carbocycles. The Morgan fingerprint density at radius 2 is 1.79 bits per heavy atom. The summed E-state index contributed by atoms with van der Waals surface area (Å²) >= 11 is 0. The van der Waals surface area contributed by atoms with E-state index in [4.69, 9.17) is 14.5 Å². The van der Waals surface area contributed by atoms with Gasteiger partial charge in [0.2, 0.25) is 11.8 Å². The first-order chi connectivity index (χ1) is 25.6. The van der Waals surface area contributed by atoms with Gasteiger partial charge < -0.3 is 25.0 Å².